The number of fused-ring (bicyclic) bond motifs is 1. The highest BCUT2D eigenvalue weighted by Crippen LogP contribution is 2.13. The molecule has 0 unspecified atom stereocenters. The van der Waals surface area contributed by atoms with Crippen LogP contribution in [0.4, 0.5) is 0 Å². The molecule has 0 atom stereocenters. The molecule has 7 heteroatoms. The molecular weight excluding hydrogens is 286 g/mol. The molecule has 0 saturated carbocycles. The monoisotopic (exact) mass is 300 g/mol. The smallest absolute Gasteiger partial charge is 0.275 e. The van der Waals surface area contributed by atoms with Gasteiger partial charge in [0.15, 0.2) is 0 Å². The highest BCUT2D eigenvalue weighted by Gasteiger charge is 2.20. The minimum atomic E-state index is -1.47. The van der Waals surface area contributed by atoms with Crippen molar-refractivity contribution in [2.24, 2.45) is 0 Å². The fourth-order valence-corrected chi connectivity index (χ4v) is 2.69. The molecule has 1 aliphatic heterocycles. The Kier molecular flexibility index (Phi) is 3.62. The van der Waals surface area contributed by atoms with Crippen LogP contribution in [-0.4, -0.2) is 39.6 Å². The summed E-state index contributed by atoms with van der Waals surface area (Å²) in [7, 11) is 0. The molecule has 1 aliphatic rings. The van der Waals surface area contributed by atoms with Crippen LogP contribution in [-0.2, 0) is 11.3 Å². The van der Waals surface area contributed by atoms with E-state index in [-0.39, 0.29) is 28.9 Å². The highest BCUT2D eigenvalue weighted by molar-refractivity contribution is 6.00. The second-order valence-corrected chi connectivity index (χ2v) is 5.23. The molecule has 1 amide bonds. The van der Waals surface area contributed by atoms with E-state index in [2.05, 4.69) is 5.10 Å². The van der Waals surface area contributed by atoms with Crippen molar-refractivity contribution in [3.63, 3.8) is 0 Å². The van der Waals surface area contributed by atoms with E-state index in [0.717, 1.165) is 17.5 Å². The van der Waals surface area contributed by atoms with Gasteiger partial charge in [0, 0.05) is 18.5 Å². The maximum atomic E-state index is 12.4. The predicted molar refractivity (Wildman–Crippen MR) is 76.1 cm³/mol. The van der Waals surface area contributed by atoms with Crippen LogP contribution < -0.4 is 10.7 Å². The summed E-state index contributed by atoms with van der Waals surface area (Å²) in [6, 6.07) is 6.27. The first-order valence-corrected chi connectivity index (χ1v) is 7.07. The quantitative estimate of drug-likeness (QED) is 0.753. The van der Waals surface area contributed by atoms with Gasteiger partial charge >= 0.3 is 0 Å². The van der Waals surface area contributed by atoms with E-state index >= 15 is 0 Å². The molecule has 3 rings (SSSR count). The minimum Gasteiger partial charge on any atom is -0.543 e. The number of benzene rings is 1. The zero-order valence-corrected chi connectivity index (χ0v) is 11.8. The minimum absolute atomic E-state index is 0.214. The summed E-state index contributed by atoms with van der Waals surface area (Å²) in [6.07, 6.45) is 1.88. The van der Waals surface area contributed by atoms with Crippen molar-refractivity contribution in [3.05, 3.63) is 40.3 Å². The number of carbonyl (C=O) groups excluding carboxylic acids is 2. The first-order chi connectivity index (χ1) is 10.6. The summed E-state index contributed by atoms with van der Waals surface area (Å²) in [5.74, 6) is -1.70. The molecule has 0 radical (unpaired) electrons. The molecule has 0 N–H and O–H groups in total. The topological polar surface area (TPSA) is 95.3 Å². The number of likely N-dealkylation sites (tertiary alicyclic amines) is 1. The Balaban J connectivity index is 2.06. The standard InChI is InChI=1S/C15H15N3O4/c19-12(17-7-3-4-8-17)9-18-14(20)11-6-2-1-5-10(11)13(16-18)15(21)22/h1-2,5-6H,3-4,7-9H2,(H,21,22)/p-1. The Labute approximate surface area is 125 Å². The molecule has 0 spiro atoms. The third-order valence-electron chi connectivity index (χ3n) is 3.80. The molecule has 1 fully saturated rings. The number of hydrogen-bond donors (Lipinski definition) is 0. The van der Waals surface area contributed by atoms with Gasteiger partial charge in [-0.1, -0.05) is 18.2 Å². The molecule has 2 heterocycles. The van der Waals surface area contributed by atoms with E-state index in [1.807, 2.05) is 0 Å². The molecule has 1 aromatic carbocycles. The summed E-state index contributed by atoms with van der Waals surface area (Å²) in [5, 5.41) is 15.5. The lowest BCUT2D eigenvalue weighted by atomic mass is 10.1. The third-order valence-corrected chi connectivity index (χ3v) is 3.80. The van der Waals surface area contributed by atoms with Crippen molar-refractivity contribution >= 4 is 22.6 Å². The van der Waals surface area contributed by atoms with Crippen molar-refractivity contribution in [2.45, 2.75) is 19.4 Å². The van der Waals surface area contributed by atoms with E-state index in [4.69, 9.17) is 0 Å². The van der Waals surface area contributed by atoms with Crippen molar-refractivity contribution in [1.82, 2.24) is 14.7 Å². The normalized spacial score (nSPS) is 14.5. The zero-order valence-electron chi connectivity index (χ0n) is 11.8. The summed E-state index contributed by atoms with van der Waals surface area (Å²) in [6.45, 7) is 1.06. The maximum Gasteiger partial charge on any atom is 0.275 e. The van der Waals surface area contributed by atoms with Crippen LogP contribution in [0.2, 0.25) is 0 Å². The molecular formula is C15H14N3O4-. The Morgan fingerprint density at radius 3 is 2.41 bits per heavy atom. The van der Waals surface area contributed by atoms with Gasteiger partial charge in [0.05, 0.1) is 11.4 Å². The Bertz CT molecular complexity index is 806. The summed E-state index contributed by atoms with van der Waals surface area (Å²) >= 11 is 0. The number of aromatic carboxylic acids is 1. The van der Waals surface area contributed by atoms with Crippen LogP contribution in [0.1, 0.15) is 23.3 Å². The SMILES string of the molecule is O=C([O-])c1nn(CC(=O)N2CCCC2)c(=O)c2ccccc12. The third kappa shape index (κ3) is 2.45. The van der Waals surface area contributed by atoms with Crippen molar-refractivity contribution in [3.8, 4) is 0 Å². The second-order valence-electron chi connectivity index (χ2n) is 5.23. The van der Waals surface area contributed by atoms with E-state index in [9.17, 15) is 19.5 Å². The molecule has 0 bridgehead atoms. The zero-order chi connectivity index (χ0) is 15.7. The van der Waals surface area contributed by atoms with Crippen molar-refractivity contribution < 1.29 is 14.7 Å². The van der Waals surface area contributed by atoms with Gasteiger partial charge in [-0.2, -0.15) is 5.10 Å². The van der Waals surface area contributed by atoms with Gasteiger partial charge in [-0.3, -0.25) is 9.59 Å². The highest BCUT2D eigenvalue weighted by atomic mass is 16.4. The number of carbonyl (C=O) groups is 2. The van der Waals surface area contributed by atoms with Crippen LogP contribution in [0.15, 0.2) is 29.1 Å². The Morgan fingerprint density at radius 1 is 1.14 bits per heavy atom. The van der Waals surface area contributed by atoms with Gasteiger partial charge in [0.25, 0.3) is 5.56 Å². The summed E-state index contributed by atoms with van der Waals surface area (Å²) in [5.41, 5.74) is -0.808. The maximum absolute atomic E-state index is 12.4. The first-order valence-electron chi connectivity index (χ1n) is 7.07. The lowest BCUT2D eigenvalue weighted by molar-refractivity contribution is -0.255. The van der Waals surface area contributed by atoms with Gasteiger partial charge < -0.3 is 14.8 Å². The molecule has 1 aromatic heterocycles. The predicted octanol–water partition coefficient (Wildman–Crippen LogP) is -0.618. The number of carboxylic acid groups (broad SMARTS) is 1. The largest absolute Gasteiger partial charge is 0.543 e. The number of rotatable bonds is 3. The van der Waals surface area contributed by atoms with Gasteiger partial charge in [-0.05, 0) is 18.9 Å². The lowest BCUT2D eigenvalue weighted by Gasteiger charge is -2.16. The summed E-state index contributed by atoms with van der Waals surface area (Å²) in [4.78, 5) is 37.4. The van der Waals surface area contributed by atoms with Crippen LogP contribution in [0.3, 0.4) is 0 Å². The summed E-state index contributed by atoms with van der Waals surface area (Å²) < 4.78 is 0.911. The van der Waals surface area contributed by atoms with Crippen LogP contribution >= 0.6 is 0 Å². The lowest BCUT2D eigenvalue weighted by Crippen LogP contribution is -2.37. The molecule has 22 heavy (non-hydrogen) atoms. The molecule has 7 nitrogen and oxygen atoms in total. The van der Waals surface area contributed by atoms with Crippen LogP contribution in [0.25, 0.3) is 10.8 Å². The van der Waals surface area contributed by atoms with Crippen LogP contribution in [0, 0.1) is 0 Å². The molecule has 114 valence electrons. The fourth-order valence-electron chi connectivity index (χ4n) is 2.69. The number of hydrogen-bond acceptors (Lipinski definition) is 5. The second kappa shape index (κ2) is 5.59. The Morgan fingerprint density at radius 2 is 1.77 bits per heavy atom. The first kappa shape index (κ1) is 14.2. The van der Waals surface area contributed by atoms with E-state index < -0.39 is 11.5 Å². The van der Waals surface area contributed by atoms with E-state index in [0.29, 0.717) is 13.1 Å². The Hall–Kier alpha value is -2.70. The van der Waals surface area contributed by atoms with Crippen molar-refractivity contribution in [2.75, 3.05) is 13.1 Å². The fraction of sp³-hybridized carbons (Fsp3) is 0.333. The van der Waals surface area contributed by atoms with Crippen molar-refractivity contribution in [1.29, 1.82) is 0 Å². The average molecular weight is 300 g/mol. The average Bonchev–Trinajstić information content (AvgIpc) is 3.04. The number of amides is 1. The number of nitrogens with zero attached hydrogens (tertiary/aromatic N) is 3. The number of carboxylic acids is 1. The van der Waals surface area contributed by atoms with Gasteiger partial charge in [-0.15, -0.1) is 0 Å². The number of aromatic nitrogens is 2. The van der Waals surface area contributed by atoms with E-state index in [1.165, 1.54) is 12.1 Å². The van der Waals surface area contributed by atoms with Gasteiger partial charge in [0.1, 0.15) is 12.2 Å². The van der Waals surface area contributed by atoms with Gasteiger partial charge in [0.2, 0.25) is 5.91 Å². The molecule has 1 saturated heterocycles. The molecule has 0 aliphatic carbocycles. The van der Waals surface area contributed by atoms with E-state index in [1.54, 1.807) is 17.0 Å². The molecule has 2 aromatic rings. The van der Waals surface area contributed by atoms with Crippen LogP contribution in [0.5, 0.6) is 0 Å². The van der Waals surface area contributed by atoms with Gasteiger partial charge in [-0.25, -0.2) is 4.68 Å².